The van der Waals surface area contributed by atoms with Crippen LogP contribution in [0, 0.1) is 6.92 Å². The van der Waals surface area contributed by atoms with E-state index in [9.17, 15) is 0 Å². The minimum absolute atomic E-state index is 0.0838. The van der Waals surface area contributed by atoms with Gasteiger partial charge in [-0.15, -0.1) is 0 Å². The summed E-state index contributed by atoms with van der Waals surface area (Å²) >= 11 is 7.11. The van der Waals surface area contributed by atoms with Crippen LogP contribution in [0.5, 0.6) is 11.5 Å². The Morgan fingerprint density at radius 3 is 2.37 bits per heavy atom. The summed E-state index contributed by atoms with van der Waals surface area (Å²) in [5.74, 6) is 2.39. The van der Waals surface area contributed by atoms with Gasteiger partial charge in [-0.1, -0.05) is 15.9 Å². The zero-order chi connectivity index (χ0) is 14.0. The minimum Gasteiger partial charge on any atom is -0.496 e. The quantitative estimate of drug-likeness (QED) is 0.700. The maximum absolute atomic E-state index is 5.53. The number of hydrogen-bond donors (Lipinski definition) is 0. The molecule has 2 rings (SSSR count). The van der Waals surface area contributed by atoms with Crippen LogP contribution >= 0.6 is 31.9 Å². The fourth-order valence-electron chi connectivity index (χ4n) is 1.87. The van der Waals surface area contributed by atoms with Crippen LogP contribution in [0.4, 0.5) is 0 Å². The molecule has 0 spiro atoms. The number of furan rings is 1. The lowest BCUT2D eigenvalue weighted by Crippen LogP contribution is -1.99. The molecule has 5 heteroatoms. The molecular weight excluding hydrogens is 376 g/mol. The van der Waals surface area contributed by atoms with Gasteiger partial charge in [-0.25, -0.2) is 0 Å². The molecule has 1 heterocycles. The monoisotopic (exact) mass is 388 g/mol. The Labute approximate surface area is 129 Å². The third-order valence-electron chi connectivity index (χ3n) is 2.91. The molecule has 102 valence electrons. The second-order valence-corrected chi connectivity index (χ2v) is 5.83. The first kappa shape index (κ1) is 14.5. The van der Waals surface area contributed by atoms with Crippen LogP contribution in [-0.2, 0) is 0 Å². The molecule has 19 heavy (non-hydrogen) atoms. The van der Waals surface area contributed by atoms with Crippen molar-refractivity contribution in [1.82, 2.24) is 0 Å². The van der Waals surface area contributed by atoms with Gasteiger partial charge in [0.05, 0.1) is 25.0 Å². The van der Waals surface area contributed by atoms with Gasteiger partial charge < -0.3 is 13.9 Å². The molecule has 3 nitrogen and oxygen atoms in total. The van der Waals surface area contributed by atoms with Crippen molar-refractivity contribution in [2.75, 3.05) is 14.2 Å². The van der Waals surface area contributed by atoms with E-state index < -0.39 is 0 Å². The maximum atomic E-state index is 5.53. The molecule has 0 aliphatic rings. The summed E-state index contributed by atoms with van der Waals surface area (Å²) in [6.07, 6.45) is 1.68. The Hall–Kier alpha value is -0.940. The molecule has 0 bridgehead atoms. The molecule has 0 N–H and O–H groups in total. The van der Waals surface area contributed by atoms with Gasteiger partial charge >= 0.3 is 0 Å². The van der Waals surface area contributed by atoms with E-state index in [-0.39, 0.29) is 4.83 Å². The molecular formula is C14H14Br2O3. The maximum Gasteiger partial charge on any atom is 0.133 e. The van der Waals surface area contributed by atoms with Gasteiger partial charge in [-0.2, -0.15) is 0 Å². The zero-order valence-electron chi connectivity index (χ0n) is 10.9. The largest absolute Gasteiger partial charge is 0.496 e. The van der Waals surface area contributed by atoms with E-state index in [0.29, 0.717) is 0 Å². The number of halogens is 2. The van der Waals surface area contributed by atoms with Crippen LogP contribution in [0.2, 0.25) is 0 Å². The van der Waals surface area contributed by atoms with Crippen molar-refractivity contribution in [3.05, 3.63) is 45.8 Å². The van der Waals surface area contributed by atoms with Crippen molar-refractivity contribution in [2.24, 2.45) is 0 Å². The molecule has 0 saturated heterocycles. The molecule has 1 atom stereocenters. The van der Waals surface area contributed by atoms with Crippen molar-refractivity contribution in [3.63, 3.8) is 0 Å². The summed E-state index contributed by atoms with van der Waals surface area (Å²) in [6, 6.07) is 5.76. The van der Waals surface area contributed by atoms with Crippen molar-refractivity contribution >= 4 is 31.9 Å². The summed E-state index contributed by atoms with van der Waals surface area (Å²) in [6.45, 7) is 2.01. The standard InChI is InChI=1S/C14H14Br2O3/c1-8-4-5-19-14(8)13(16)9-6-12(18-3)10(15)7-11(9)17-2/h4-7,13H,1-3H3. The molecule has 0 aliphatic heterocycles. The number of hydrogen-bond acceptors (Lipinski definition) is 3. The molecule has 0 aliphatic carbocycles. The normalized spacial score (nSPS) is 12.3. The highest BCUT2D eigenvalue weighted by Gasteiger charge is 2.22. The van der Waals surface area contributed by atoms with E-state index >= 15 is 0 Å². The zero-order valence-corrected chi connectivity index (χ0v) is 14.0. The van der Waals surface area contributed by atoms with Gasteiger partial charge in [0, 0.05) is 5.56 Å². The van der Waals surface area contributed by atoms with E-state index in [4.69, 9.17) is 13.9 Å². The van der Waals surface area contributed by atoms with Crippen molar-refractivity contribution in [1.29, 1.82) is 0 Å². The predicted octanol–water partition coefficient (Wildman–Crippen LogP) is 4.85. The summed E-state index contributed by atoms with van der Waals surface area (Å²) in [5, 5.41) is 0. The van der Waals surface area contributed by atoms with Gasteiger partial charge in [-0.05, 0) is 46.6 Å². The topological polar surface area (TPSA) is 31.6 Å². The second kappa shape index (κ2) is 6.01. The predicted molar refractivity (Wildman–Crippen MR) is 81.5 cm³/mol. The average molecular weight is 390 g/mol. The van der Waals surface area contributed by atoms with Gasteiger partial charge in [0.2, 0.25) is 0 Å². The molecule has 0 saturated carbocycles. The van der Waals surface area contributed by atoms with Gasteiger partial charge in [-0.3, -0.25) is 0 Å². The van der Waals surface area contributed by atoms with E-state index in [1.54, 1.807) is 20.5 Å². The number of aryl methyl sites for hydroxylation is 1. The van der Waals surface area contributed by atoms with Crippen LogP contribution in [0.3, 0.4) is 0 Å². The fraction of sp³-hybridized carbons (Fsp3) is 0.286. The number of benzene rings is 1. The lowest BCUT2D eigenvalue weighted by atomic mass is 10.1. The van der Waals surface area contributed by atoms with Crippen LogP contribution in [0.1, 0.15) is 21.7 Å². The van der Waals surface area contributed by atoms with Crippen LogP contribution in [-0.4, -0.2) is 14.2 Å². The Morgan fingerprint density at radius 1 is 1.16 bits per heavy atom. The third-order valence-corrected chi connectivity index (χ3v) is 4.44. The van der Waals surface area contributed by atoms with Crippen molar-refractivity contribution < 1.29 is 13.9 Å². The fourth-order valence-corrected chi connectivity index (χ4v) is 3.18. The first-order chi connectivity index (χ1) is 9.08. The first-order valence-corrected chi connectivity index (χ1v) is 7.38. The lowest BCUT2D eigenvalue weighted by Gasteiger charge is -2.16. The first-order valence-electron chi connectivity index (χ1n) is 5.68. The van der Waals surface area contributed by atoms with E-state index in [2.05, 4.69) is 31.9 Å². The third kappa shape index (κ3) is 2.82. The molecule has 2 aromatic rings. The molecule has 0 radical (unpaired) electrons. The van der Waals surface area contributed by atoms with Crippen LogP contribution in [0.15, 0.2) is 33.4 Å². The summed E-state index contributed by atoms with van der Waals surface area (Å²) in [7, 11) is 3.28. The van der Waals surface area contributed by atoms with Crippen molar-refractivity contribution in [2.45, 2.75) is 11.8 Å². The number of alkyl halides is 1. The Morgan fingerprint density at radius 2 is 1.84 bits per heavy atom. The van der Waals surface area contributed by atoms with Crippen LogP contribution < -0.4 is 9.47 Å². The summed E-state index contributed by atoms with van der Waals surface area (Å²) < 4.78 is 17.1. The van der Waals surface area contributed by atoms with Gasteiger partial charge in [0.1, 0.15) is 22.1 Å². The molecule has 1 aromatic heterocycles. The van der Waals surface area contributed by atoms with Crippen molar-refractivity contribution in [3.8, 4) is 11.5 Å². The highest BCUT2D eigenvalue weighted by Crippen LogP contribution is 2.42. The summed E-state index contributed by atoms with van der Waals surface area (Å²) in [5.41, 5.74) is 2.05. The second-order valence-electron chi connectivity index (χ2n) is 4.06. The summed E-state index contributed by atoms with van der Waals surface area (Å²) in [4.78, 5) is -0.0838. The molecule has 0 amide bonds. The van der Waals surface area contributed by atoms with Gasteiger partial charge in [0.25, 0.3) is 0 Å². The molecule has 1 aromatic carbocycles. The molecule has 1 unspecified atom stereocenters. The van der Waals surface area contributed by atoms with E-state index in [1.165, 1.54) is 0 Å². The SMILES string of the molecule is COc1cc(C(Br)c2occc2C)c(OC)cc1Br. The lowest BCUT2D eigenvalue weighted by molar-refractivity contribution is 0.395. The minimum atomic E-state index is -0.0838. The van der Waals surface area contributed by atoms with E-state index in [1.807, 2.05) is 25.1 Å². The average Bonchev–Trinajstić information content (AvgIpc) is 2.83. The smallest absolute Gasteiger partial charge is 0.133 e. The van der Waals surface area contributed by atoms with Gasteiger partial charge in [0.15, 0.2) is 0 Å². The Balaban J connectivity index is 2.51. The number of methoxy groups -OCH3 is 2. The molecule has 0 fully saturated rings. The van der Waals surface area contributed by atoms with E-state index in [0.717, 1.165) is 32.9 Å². The highest BCUT2D eigenvalue weighted by molar-refractivity contribution is 9.10. The number of ether oxygens (including phenoxy) is 2. The highest BCUT2D eigenvalue weighted by atomic mass is 79.9. The number of rotatable bonds is 4. The Kier molecular flexibility index (Phi) is 4.58. The Bertz CT molecular complexity index is 578. The van der Waals surface area contributed by atoms with Crippen LogP contribution in [0.25, 0.3) is 0 Å².